The van der Waals surface area contributed by atoms with Gasteiger partial charge < -0.3 is 5.11 Å². The van der Waals surface area contributed by atoms with Gasteiger partial charge in [0.1, 0.15) is 5.82 Å². The summed E-state index contributed by atoms with van der Waals surface area (Å²) >= 11 is 5.70. The number of aliphatic hydroxyl groups is 1. The molecule has 2 aromatic rings. The number of hydrogen-bond donors (Lipinski definition) is 1. The number of hydrogen-bond acceptors (Lipinski definition) is 2. The second kappa shape index (κ2) is 6.37. The molecule has 0 bridgehead atoms. The van der Waals surface area contributed by atoms with Crippen molar-refractivity contribution in [3.05, 3.63) is 52.6 Å². The third-order valence-corrected chi connectivity index (χ3v) is 3.67. The van der Waals surface area contributed by atoms with Crippen LogP contribution in [0.3, 0.4) is 0 Å². The Bertz CT molecular complexity index is 585. The molecule has 2 atom stereocenters. The normalized spacial score (nSPS) is 14.2. The van der Waals surface area contributed by atoms with E-state index in [9.17, 15) is 9.50 Å². The van der Waals surface area contributed by atoms with E-state index in [0.29, 0.717) is 11.1 Å². The van der Waals surface area contributed by atoms with Crippen molar-refractivity contribution in [3.63, 3.8) is 0 Å². The second-order valence-electron chi connectivity index (χ2n) is 4.93. The van der Waals surface area contributed by atoms with Crippen LogP contribution in [0.4, 0.5) is 4.39 Å². The Morgan fingerprint density at radius 1 is 1.40 bits per heavy atom. The van der Waals surface area contributed by atoms with Crippen molar-refractivity contribution in [2.45, 2.75) is 38.8 Å². The maximum absolute atomic E-state index is 13.7. The molecule has 20 heavy (non-hydrogen) atoms. The van der Waals surface area contributed by atoms with Gasteiger partial charge in [-0.25, -0.2) is 4.39 Å². The molecule has 1 aromatic carbocycles. The van der Waals surface area contributed by atoms with E-state index >= 15 is 0 Å². The van der Waals surface area contributed by atoms with E-state index in [1.54, 1.807) is 6.07 Å². The summed E-state index contributed by atoms with van der Waals surface area (Å²) in [4.78, 5) is 0. The van der Waals surface area contributed by atoms with E-state index in [1.807, 2.05) is 16.9 Å². The van der Waals surface area contributed by atoms with E-state index in [2.05, 4.69) is 18.9 Å². The molecule has 1 heterocycles. The molecule has 1 N–H and O–H groups in total. The van der Waals surface area contributed by atoms with Crippen molar-refractivity contribution < 1.29 is 9.50 Å². The van der Waals surface area contributed by atoms with Crippen LogP contribution in [0, 0.1) is 5.82 Å². The summed E-state index contributed by atoms with van der Waals surface area (Å²) in [5.74, 6) is -0.494. The summed E-state index contributed by atoms with van der Waals surface area (Å²) in [6.07, 6.45) is 2.22. The first kappa shape index (κ1) is 15.0. The standard InChI is InChI=1S/C15H18ClFN2O/c1-3-10(2)19-7-6-12(18-19)9-15(20)13-5-4-11(16)8-14(13)17/h4-8,10,15,20H,3,9H2,1-2H3. The lowest BCUT2D eigenvalue weighted by Crippen LogP contribution is -2.08. The molecule has 0 aliphatic heterocycles. The summed E-state index contributed by atoms with van der Waals surface area (Å²) < 4.78 is 15.6. The van der Waals surface area contributed by atoms with Crippen LogP contribution >= 0.6 is 11.6 Å². The fourth-order valence-corrected chi connectivity index (χ4v) is 2.16. The molecule has 2 rings (SSSR count). The molecule has 0 aliphatic rings. The van der Waals surface area contributed by atoms with Gasteiger partial charge in [0.25, 0.3) is 0 Å². The topological polar surface area (TPSA) is 38.0 Å². The van der Waals surface area contributed by atoms with Gasteiger partial charge in [0, 0.05) is 29.2 Å². The Labute approximate surface area is 123 Å². The van der Waals surface area contributed by atoms with Crippen LogP contribution in [0.2, 0.25) is 5.02 Å². The number of aromatic nitrogens is 2. The highest BCUT2D eigenvalue weighted by Gasteiger charge is 2.15. The largest absolute Gasteiger partial charge is 0.388 e. The molecule has 108 valence electrons. The molecule has 2 unspecified atom stereocenters. The minimum atomic E-state index is -0.924. The highest BCUT2D eigenvalue weighted by atomic mass is 35.5. The second-order valence-corrected chi connectivity index (χ2v) is 5.37. The van der Waals surface area contributed by atoms with Gasteiger partial charge >= 0.3 is 0 Å². The maximum Gasteiger partial charge on any atom is 0.130 e. The van der Waals surface area contributed by atoms with Crippen molar-refractivity contribution in [1.29, 1.82) is 0 Å². The minimum Gasteiger partial charge on any atom is -0.388 e. The molecule has 3 nitrogen and oxygen atoms in total. The Kier molecular flexibility index (Phi) is 4.78. The SMILES string of the molecule is CCC(C)n1ccc(CC(O)c2ccc(Cl)cc2F)n1. The van der Waals surface area contributed by atoms with Crippen molar-refractivity contribution in [2.75, 3.05) is 0 Å². The Balaban J connectivity index is 2.11. The van der Waals surface area contributed by atoms with Crippen LogP contribution in [0.1, 0.15) is 43.7 Å². The predicted octanol–water partition coefficient (Wildman–Crippen LogP) is 3.92. The molecule has 0 spiro atoms. The van der Waals surface area contributed by atoms with Crippen LogP contribution in [-0.4, -0.2) is 14.9 Å². The number of halogens is 2. The Morgan fingerprint density at radius 2 is 2.15 bits per heavy atom. The average Bonchev–Trinajstić information content (AvgIpc) is 2.86. The van der Waals surface area contributed by atoms with E-state index in [1.165, 1.54) is 12.1 Å². The lowest BCUT2D eigenvalue weighted by molar-refractivity contribution is 0.172. The van der Waals surface area contributed by atoms with E-state index in [0.717, 1.165) is 12.1 Å². The van der Waals surface area contributed by atoms with Crippen LogP contribution in [-0.2, 0) is 6.42 Å². The van der Waals surface area contributed by atoms with Crippen LogP contribution < -0.4 is 0 Å². The first-order chi connectivity index (χ1) is 9.51. The van der Waals surface area contributed by atoms with Crippen LogP contribution in [0.15, 0.2) is 30.5 Å². The molecular formula is C15H18ClFN2O. The number of benzene rings is 1. The Morgan fingerprint density at radius 3 is 2.80 bits per heavy atom. The summed E-state index contributed by atoms with van der Waals surface area (Å²) in [6.45, 7) is 4.16. The van der Waals surface area contributed by atoms with Crippen molar-refractivity contribution in [1.82, 2.24) is 9.78 Å². The number of rotatable bonds is 5. The van der Waals surface area contributed by atoms with Gasteiger partial charge in [-0.05, 0) is 31.5 Å². The molecule has 0 fully saturated rings. The van der Waals surface area contributed by atoms with E-state index in [4.69, 9.17) is 11.6 Å². The zero-order valence-electron chi connectivity index (χ0n) is 11.6. The Hall–Kier alpha value is -1.39. The van der Waals surface area contributed by atoms with Gasteiger partial charge in [-0.3, -0.25) is 4.68 Å². The van der Waals surface area contributed by atoms with Crippen molar-refractivity contribution in [2.24, 2.45) is 0 Å². The number of aliphatic hydroxyl groups excluding tert-OH is 1. The smallest absolute Gasteiger partial charge is 0.130 e. The first-order valence-corrected chi connectivity index (χ1v) is 7.06. The van der Waals surface area contributed by atoms with Crippen molar-refractivity contribution in [3.8, 4) is 0 Å². The van der Waals surface area contributed by atoms with Gasteiger partial charge in [0.15, 0.2) is 0 Å². The van der Waals surface area contributed by atoms with E-state index in [-0.39, 0.29) is 12.0 Å². The molecule has 0 aliphatic carbocycles. The summed E-state index contributed by atoms with van der Waals surface area (Å²) in [5.41, 5.74) is 0.986. The van der Waals surface area contributed by atoms with Gasteiger partial charge in [-0.15, -0.1) is 0 Å². The van der Waals surface area contributed by atoms with Gasteiger partial charge in [0.05, 0.1) is 11.8 Å². The van der Waals surface area contributed by atoms with Gasteiger partial charge in [0.2, 0.25) is 0 Å². The molecular weight excluding hydrogens is 279 g/mol. The fourth-order valence-electron chi connectivity index (χ4n) is 2.00. The van der Waals surface area contributed by atoms with E-state index < -0.39 is 11.9 Å². The van der Waals surface area contributed by atoms with Crippen LogP contribution in [0.25, 0.3) is 0 Å². The first-order valence-electron chi connectivity index (χ1n) is 6.68. The predicted molar refractivity (Wildman–Crippen MR) is 77.3 cm³/mol. The monoisotopic (exact) mass is 296 g/mol. The summed E-state index contributed by atoms with van der Waals surface area (Å²) in [5, 5.41) is 14.8. The quantitative estimate of drug-likeness (QED) is 0.908. The summed E-state index contributed by atoms with van der Waals surface area (Å²) in [7, 11) is 0. The lowest BCUT2D eigenvalue weighted by atomic mass is 10.0. The number of nitrogens with zero attached hydrogens (tertiary/aromatic N) is 2. The molecule has 0 radical (unpaired) electrons. The molecule has 1 aromatic heterocycles. The van der Waals surface area contributed by atoms with Crippen LogP contribution in [0.5, 0.6) is 0 Å². The lowest BCUT2D eigenvalue weighted by Gasteiger charge is -2.11. The molecule has 5 heteroatoms. The third kappa shape index (κ3) is 3.38. The minimum absolute atomic E-state index is 0.243. The maximum atomic E-state index is 13.7. The average molecular weight is 297 g/mol. The van der Waals surface area contributed by atoms with Crippen molar-refractivity contribution >= 4 is 11.6 Å². The highest BCUT2D eigenvalue weighted by molar-refractivity contribution is 6.30. The van der Waals surface area contributed by atoms with Gasteiger partial charge in [-0.2, -0.15) is 5.10 Å². The summed E-state index contributed by atoms with van der Waals surface area (Å²) in [6, 6.07) is 6.45. The third-order valence-electron chi connectivity index (χ3n) is 3.43. The van der Waals surface area contributed by atoms with Gasteiger partial charge in [-0.1, -0.05) is 24.6 Å². The molecule has 0 amide bonds. The zero-order chi connectivity index (χ0) is 14.7. The zero-order valence-corrected chi connectivity index (χ0v) is 12.3. The fraction of sp³-hybridized carbons (Fsp3) is 0.400. The highest BCUT2D eigenvalue weighted by Crippen LogP contribution is 2.23. The molecule has 0 saturated heterocycles. The molecule has 0 saturated carbocycles.